The van der Waals surface area contributed by atoms with Crippen molar-refractivity contribution < 1.29 is 37.3 Å². The normalized spacial score (nSPS) is 19.3. The fourth-order valence-electron chi connectivity index (χ4n) is 5.81. The van der Waals surface area contributed by atoms with E-state index in [1.54, 1.807) is 0 Å². The predicted octanol–water partition coefficient (Wildman–Crippen LogP) is 5.08. The Morgan fingerprint density at radius 2 is 1.82 bits per heavy atom. The van der Waals surface area contributed by atoms with Gasteiger partial charge < -0.3 is 24.1 Å². The summed E-state index contributed by atoms with van der Waals surface area (Å²) in [6.45, 7) is 3.34. The molecule has 1 saturated heterocycles. The Bertz CT molecular complexity index is 1550. The summed E-state index contributed by atoms with van der Waals surface area (Å²) >= 11 is 0. The van der Waals surface area contributed by atoms with Crippen LogP contribution in [0.15, 0.2) is 48.5 Å². The molecule has 3 heterocycles. The summed E-state index contributed by atoms with van der Waals surface area (Å²) in [5, 5.41) is 9.13. The molecule has 0 spiro atoms. The molecule has 0 bridgehead atoms. The highest BCUT2D eigenvalue weighted by Crippen LogP contribution is 2.41. The molecule has 9 heteroatoms. The van der Waals surface area contributed by atoms with Crippen LogP contribution < -0.4 is 18.9 Å². The topological polar surface area (TPSA) is 108 Å². The second kappa shape index (κ2) is 10.7. The molecule has 1 atom stereocenters. The maximum Gasteiger partial charge on any atom is 0.304 e. The first kappa shape index (κ1) is 26.5. The third kappa shape index (κ3) is 5.61. The lowest BCUT2D eigenvalue weighted by Gasteiger charge is -2.24. The largest absolute Gasteiger partial charge is 0.493 e. The van der Waals surface area contributed by atoms with E-state index in [1.165, 1.54) is 0 Å². The zero-order valence-corrected chi connectivity index (χ0v) is 23.2. The van der Waals surface area contributed by atoms with Crippen molar-refractivity contribution in [1.29, 1.82) is 0 Å². The smallest absolute Gasteiger partial charge is 0.304 e. The second-order valence-electron chi connectivity index (χ2n) is 10.8. The Hall–Kier alpha value is -3.72. The van der Waals surface area contributed by atoms with Crippen LogP contribution in [0.3, 0.4) is 0 Å². The van der Waals surface area contributed by atoms with Crippen LogP contribution in [0.5, 0.6) is 23.0 Å². The molecule has 3 aromatic carbocycles. The zero-order valence-electron chi connectivity index (χ0n) is 22.4. The van der Waals surface area contributed by atoms with Crippen LogP contribution in [-0.4, -0.2) is 50.3 Å². The van der Waals surface area contributed by atoms with Crippen molar-refractivity contribution in [2.75, 3.05) is 24.7 Å². The van der Waals surface area contributed by atoms with Crippen LogP contribution in [0.2, 0.25) is 0 Å². The number of carboxylic acid groups (broad SMARTS) is 1. The fraction of sp³-hybridized carbons (Fsp3) is 0.387. The van der Waals surface area contributed by atoms with Gasteiger partial charge in [-0.25, -0.2) is 8.42 Å². The summed E-state index contributed by atoms with van der Waals surface area (Å²) in [6.07, 6.45) is 1.74. The number of sulfone groups is 1. The van der Waals surface area contributed by atoms with Crippen molar-refractivity contribution in [3.8, 4) is 34.1 Å². The van der Waals surface area contributed by atoms with E-state index in [9.17, 15) is 13.2 Å². The summed E-state index contributed by atoms with van der Waals surface area (Å²) in [4.78, 5) is 11.1. The number of fused-ring (bicyclic) bond motifs is 4. The Morgan fingerprint density at radius 3 is 2.62 bits per heavy atom. The number of carbonyl (C=O) groups is 1. The molecule has 8 nitrogen and oxygen atoms in total. The van der Waals surface area contributed by atoms with Crippen molar-refractivity contribution in [1.82, 2.24) is 0 Å². The first-order valence-electron chi connectivity index (χ1n) is 13.6. The van der Waals surface area contributed by atoms with Gasteiger partial charge in [0.15, 0.2) is 9.84 Å². The standard InChI is InChI=1S/C31H32O8S/c1-19-12-25(39-23-7-10-40(34,35)11-8-23)14-21-6-9-36-28-5-2-20(13-27(28)31(19)21)17-37-24-3-4-26-22(15-30(32)33)18-38-29(26)16-24/h2-5,12-14,16,22-23H,6-11,15,17-18H2,1H3,(H,32,33)/t22-/m1/s1. The number of ether oxygens (including phenoxy) is 4. The van der Waals surface area contributed by atoms with E-state index >= 15 is 0 Å². The van der Waals surface area contributed by atoms with Crippen LogP contribution in [0.1, 0.15) is 47.4 Å². The summed E-state index contributed by atoms with van der Waals surface area (Å²) in [6, 6.07) is 15.8. The number of aryl methyl sites for hydroxylation is 1. The van der Waals surface area contributed by atoms with Gasteiger partial charge in [-0.05, 0) is 72.4 Å². The quantitative estimate of drug-likeness (QED) is 0.423. The van der Waals surface area contributed by atoms with Crippen molar-refractivity contribution in [3.63, 3.8) is 0 Å². The lowest BCUT2D eigenvalue weighted by molar-refractivity contribution is -0.137. The van der Waals surface area contributed by atoms with Crippen molar-refractivity contribution in [3.05, 3.63) is 70.8 Å². The van der Waals surface area contributed by atoms with Crippen LogP contribution >= 0.6 is 0 Å². The van der Waals surface area contributed by atoms with Crippen molar-refractivity contribution in [2.24, 2.45) is 0 Å². The van der Waals surface area contributed by atoms with E-state index in [1.807, 2.05) is 36.4 Å². The van der Waals surface area contributed by atoms with Gasteiger partial charge in [-0.1, -0.05) is 12.1 Å². The van der Waals surface area contributed by atoms with E-state index in [2.05, 4.69) is 19.1 Å². The molecule has 0 unspecified atom stereocenters. The summed E-state index contributed by atoms with van der Waals surface area (Å²) in [7, 11) is -2.94. The Balaban J connectivity index is 1.19. The average molecular weight is 565 g/mol. The molecule has 3 aromatic rings. The monoisotopic (exact) mass is 564 g/mol. The van der Waals surface area contributed by atoms with Crippen LogP contribution in [-0.2, 0) is 27.7 Å². The van der Waals surface area contributed by atoms with Crippen molar-refractivity contribution >= 4 is 15.8 Å². The van der Waals surface area contributed by atoms with E-state index in [4.69, 9.17) is 24.1 Å². The lowest BCUT2D eigenvalue weighted by atomic mass is 9.92. The van der Waals surface area contributed by atoms with Gasteiger partial charge in [0.2, 0.25) is 0 Å². The molecular weight excluding hydrogens is 532 g/mol. The van der Waals surface area contributed by atoms with E-state index in [0.29, 0.717) is 44.2 Å². The molecule has 0 saturated carbocycles. The Labute approximate surface area is 233 Å². The van der Waals surface area contributed by atoms with Crippen LogP contribution in [0, 0.1) is 6.92 Å². The van der Waals surface area contributed by atoms with Crippen LogP contribution in [0.4, 0.5) is 0 Å². The summed E-state index contributed by atoms with van der Waals surface area (Å²) in [5.41, 5.74) is 6.25. The highest BCUT2D eigenvalue weighted by Gasteiger charge is 2.28. The van der Waals surface area contributed by atoms with Gasteiger partial charge >= 0.3 is 5.97 Å². The van der Waals surface area contributed by atoms with Gasteiger partial charge in [-0.2, -0.15) is 0 Å². The molecule has 6 rings (SSSR count). The van der Waals surface area contributed by atoms with Gasteiger partial charge in [-0.15, -0.1) is 0 Å². The minimum absolute atomic E-state index is 0.0455. The number of aliphatic carboxylic acids is 1. The molecule has 0 radical (unpaired) electrons. The van der Waals surface area contributed by atoms with E-state index in [0.717, 1.165) is 51.3 Å². The van der Waals surface area contributed by atoms with Crippen LogP contribution in [0.25, 0.3) is 11.1 Å². The Kier molecular flexibility index (Phi) is 7.08. The number of carboxylic acids is 1. The minimum Gasteiger partial charge on any atom is -0.493 e. The predicted molar refractivity (Wildman–Crippen MR) is 149 cm³/mol. The molecule has 3 aliphatic heterocycles. The fourth-order valence-corrected chi connectivity index (χ4v) is 7.25. The van der Waals surface area contributed by atoms with Crippen molar-refractivity contribution in [2.45, 2.75) is 51.2 Å². The van der Waals surface area contributed by atoms with Gasteiger partial charge in [0, 0.05) is 29.5 Å². The maximum absolute atomic E-state index is 11.8. The molecule has 1 N–H and O–H groups in total. The summed E-state index contributed by atoms with van der Waals surface area (Å²) in [5.74, 6) is 2.32. The maximum atomic E-state index is 11.8. The molecule has 0 amide bonds. The lowest BCUT2D eigenvalue weighted by Crippen LogP contribution is -2.30. The Morgan fingerprint density at radius 1 is 1.00 bits per heavy atom. The number of hydrogen-bond acceptors (Lipinski definition) is 7. The molecule has 210 valence electrons. The van der Waals surface area contributed by atoms with Gasteiger partial charge in [0.25, 0.3) is 0 Å². The van der Waals surface area contributed by atoms with Gasteiger partial charge in [0.1, 0.15) is 35.7 Å². The third-order valence-electron chi connectivity index (χ3n) is 7.83. The highest BCUT2D eigenvalue weighted by atomic mass is 32.2. The zero-order chi connectivity index (χ0) is 27.9. The molecule has 40 heavy (non-hydrogen) atoms. The number of rotatable bonds is 7. The SMILES string of the molecule is Cc1cc(OC2CCS(=O)(=O)CC2)cc2c1-c1cc(COc3ccc4c(c3)OC[C@H]4CC(=O)O)ccc1OCC2. The second-order valence-corrected chi connectivity index (χ2v) is 13.1. The first-order valence-corrected chi connectivity index (χ1v) is 15.4. The highest BCUT2D eigenvalue weighted by molar-refractivity contribution is 7.91. The number of hydrogen-bond donors (Lipinski definition) is 1. The van der Waals surface area contributed by atoms with Gasteiger partial charge in [0.05, 0.1) is 31.1 Å². The third-order valence-corrected chi connectivity index (χ3v) is 9.54. The molecule has 0 aliphatic carbocycles. The number of benzene rings is 3. The summed E-state index contributed by atoms with van der Waals surface area (Å²) < 4.78 is 47.7. The van der Waals surface area contributed by atoms with Gasteiger partial charge in [-0.3, -0.25) is 4.79 Å². The molecular formula is C31H32O8S. The van der Waals surface area contributed by atoms with E-state index < -0.39 is 15.8 Å². The average Bonchev–Trinajstić information content (AvgIpc) is 3.20. The molecule has 1 fully saturated rings. The first-order chi connectivity index (χ1) is 19.2. The molecule has 0 aromatic heterocycles. The van der Waals surface area contributed by atoms with E-state index in [-0.39, 0.29) is 29.9 Å². The minimum atomic E-state index is -2.94. The molecule has 3 aliphatic rings.